The van der Waals surface area contributed by atoms with Gasteiger partial charge in [-0.15, -0.1) is 18.3 Å². The predicted octanol–water partition coefficient (Wildman–Crippen LogP) is 9.47. The fourth-order valence-corrected chi connectivity index (χ4v) is 6.72. The molecule has 1 aliphatic carbocycles. The molecule has 0 radical (unpaired) electrons. The number of aldehydes is 1. The number of nitrogens with one attached hydrogen (secondary N) is 1. The summed E-state index contributed by atoms with van der Waals surface area (Å²) in [4.78, 5) is 29.9. The van der Waals surface area contributed by atoms with Crippen LogP contribution in [0.1, 0.15) is 64.9 Å². The summed E-state index contributed by atoms with van der Waals surface area (Å²) in [7, 11) is 2.19. The quantitative estimate of drug-likeness (QED) is 0.120. The Morgan fingerprint density at radius 3 is 2.38 bits per heavy atom. The summed E-state index contributed by atoms with van der Waals surface area (Å²) in [6.07, 6.45) is 6.97. The summed E-state index contributed by atoms with van der Waals surface area (Å²) in [6, 6.07) is 26.2. The zero-order valence-electron chi connectivity index (χ0n) is 29.0. The van der Waals surface area contributed by atoms with E-state index in [1.807, 2.05) is 47.9 Å². The van der Waals surface area contributed by atoms with Gasteiger partial charge in [0, 0.05) is 61.4 Å². The maximum atomic E-state index is 12.6. The molecule has 1 unspecified atom stereocenters. The normalized spacial score (nSPS) is 17.6. The first-order valence-corrected chi connectivity index (χ1v) is 17.8. The SMILES string of the molecule is C=CCSc1ccc(N(C)C2CC2)cc1NCC(=C)C.CC(C)(C)CC(=O)N1CC[C@H](c2cccc(-c3ccccc3)c2)C(C=O)C1. The molecule has 1 heterocycles. The second-order valence-corrected chi connectivity index (χ2v) is 15.3. The summed E-state index contributed by atoms with van der Waals surface area (Å²) < 4.78 is 0. The molecule has 5 rings (SSSR count). The molecule has 2 aliphatic rings. The summed E-state index contributed by atoms with van der Waals surface area (Å²) in [5, 5.41) is 3.49. The van der Waals surface area contributed by atoms with Crippen molar-refractivity contribution in [3.8, 4) is 11.1 Å². The van der Waals surface area contributed by atoms with Crippen LogP contribution < -0.4 is 10.2 Å². The Morgan fingerprint density at radius 2 is 1.74 bits per heavy atom. The summed E-state index contributed by atoms with van der Waals surface area (Å²) in [6.45, 7) is 18.1. The van der Waals surface area contributed by atoms with Crippen LogP contribution in [-0.4, -0.2) is 55.6 Å². The molecule has 3 aromatic rings. The minimum absolute atomic E-state index is 0.0331. The molecule has 250 valence electrons. The van der Waals surface area contributed by atoms with Crippen molar-refractivity contribution < 1.29 is 9.59 Å². The highest BCUT2D eigenvalue weighted by Gasteiger charge is 2.33. The van der Waals surface area contributed by atoms with Crippen LogP contribution in [0.4, 0.5) is 11.4 Å². The van der Waals surface area contributed by atoms with Gasteiger partial charge in [0.15, 0.2) is 0 Å². The number of rotatable bonds is 12. The van der Waals surface area contributed by atoms with Gasteiger partial charge in [-0.25, -0.2) is 0 Å². The van der Waals surface area contributed by atoms with Gasteiger partial charge in [-0.2, -0.15) is 0 Å². The molecule has 2 fully saturated rings. The molecule has 2 atom stereocenters. The average molecular weight is 652 g/mol. The Balaban J connectivity index is 0.000000223. The largest absolute Gasteiger partial charge is 0.380 e. The molecule has 0 aromatic heterocycles. The van der Waals surface area contributed by atoms with Gasteiger partial charge in [0.05, 0.1) is 5.69 Å². The van der Waals surface area contributed by atoms with Crippen LogP contribution in [-0.2, 0) is 9.59 Å². The highest BCUT2D eigenvalue weighted by atomic mass is 32.2. The lowest BCUT2D eigenvalue weighted by atomic mass is 9.80. The predicted molar refractivity (Wildman–Crippen MR) is 202 cm³/mol. The third-order valence-corrected chi connectivity index (χ3v) is 9.76. The zero-order valence-corrected chi connectivity index (χ0v) is 29.8. The highest BCUT2D eigenvalue weighted by Crippen LogP contribution is 2.36. The van der Waals surface area contributed by atoms with Crippen molar-refractivity contribution >= 4 is 35.3 Å². The van der Waals surface area contributed by atoms with Crippen molar-refractivity contribution in [1.29, 1.82) is 0 Å². The first-order chi connectivity index (χ1) is 22.5. The zero-order chi connectivity index (χ0) is 34.0. The number of hydrogen-bond donors (Lipinski definition) is 1. The third kappa shape index (κ3) is 10.9. The van der Waals surface area contributed by atoms with E-state index in [1.54, 1.807) is 0 Å². The molecule has 1 aliphatic heterocycles. The Labute approximate surface area is 287 Å². The molecule has 5 nitrogen and oxygen atoms in total. The van der Waals surface area contributed by atoms with E-state index in [9.17, 15) is 9.59 Å². The minimum atomic E-state index is -0.145. The molecular weight excluding hydrogens is 599 g/mol. The lowest BCUT2D eigenvalue weighted by molar-refractivity contribution is -0.135. The van der Waals surface area contributed by atoms with Crippen molar-refractivity contribution in [1.82, 2.24) is 4.90 Å². The number of anilines is 2. The van der Waals surface area contributed by atoms with Crippen LogP contribution in [0.25, 0.3) is 11.1 Å². The van der Waals surface area contributed by atoms with Crippen LogP contribution in [0.15, 0.2) is 102 Å². The number of benzene rings is 3. The number of carbonyl (C=O) groups excluding carboxylic acids is 2. The van der Waals surface area contributed by atoms with E-state index in [1.165, 1.54) is 45.8 Å². The second kappa shape index (κ2) is 16.9. The Bertz CT molecular complexity index is 1510. The Morgan fingerprint density at radius 1 is 1.02 bits per heavy atom. The van der Waals surface area contributed by atoms with Gasteiger partial charge in [0.25, 0.3) is 0 Å². The van der Waals surface area contributed by atoms with Gasteiger partial charge in [0.2, 0.25) is 5.91 Å². The number of nitrogens with zero attached hydrogens (tertiary/aromatic N) is 2. The second-order valence-electron chi connectivity index (χ2n) is 14.2. The van der Waals surface area contributed by atoms with Gasteiger partial charge < -0.3 is 19.9 Å². The molecule has 3 aromatic carbocycles. The smallest absolute Gasteiger partial charge is 0.223 e. The first-order valence-electron chi connectivity index (χ1n) is 16.9. The monoisotopic (exact) mass is 651 g/mol. The van der Waals surface area contributed by atoms with E-state index in [-0.39, 0.29) is 23.2 Å². The maximum absolute atomic E-state index is 12.6. The first kappa shape index (κ1) is 36.1. The topological polar surface area (TPSA) is 52.7 Å². The van der Waals surface area contributed by atoms with Crippen molar-refractivity contribution in [2.45, 2.75) is 70.2 Å². The number of amides is 1. The van der Waals surface area contributed by atoms with Gasteiger partial charge in [-0.05, 0) is 72.4 Å². The van der Waals surface area contributed by atoms with E-state index in [4.69, 9.17) is 0 Å². The molecule has 6 heteroatoms. The van der Waals surface area contributed by atoms with Crippen LogP contribution in [0, 0.1) is 11.3 Å². The van der Waals surface area contributed by atoms with Crippen molar-refractivity contribution in [3.05, 3.63) is 103 Å². The van der Waals surface area contributed by atoms with Crippen molar-refractivity contribution in [2.75, 3.05) is 42.7 Å². The highest BCUT2D eigenvalue weighted by molar-refractivity contribution is 7.99. The number of hydrogen-bond acceptors (Lipinski definition) is 5. The molecule has 1 amide bonds. The van der Waals surface area contributed by atoms with Crippen LogP contribution in [0.5, 0.6) is 0 Å². The minimum Gasteiger partial charge on any atom is -0.380 e. The van der Waals surface area contributed by atoms with E-state index in [2.05, 4.69) is 106 Å². The van der Waals surface area contributed by atoms with Crippen LogP contribution in [0.3, 0.4) is 0 Å². The fourth-order valence-electron chi connectivity index (χ4n) is 5.97. The molecule has 1 saturated carbocycles. The summed E-state index contributed by atoms with van der Waals surface area (Å²) >= 11 is 1.81. The summed E-state index contributed by atoms with van der Waals surface area (Å²) in [5.74, 6) is 1.11. The Kier molecular flexibility index (Phi) is 12.9. The van der Waals surface area contributed by atoms with E-state index < -0.39 is 0 Å². The van der Waals surface area contributed by atoms with E-state index >= 15 is 0 Å². The van der Waals surface area contributed by atoms with E-state index in [0.29, 0.717) is 13.0 Å². The van der Waals surface area contributed by atoms with Gasteiger partial charge in [0.1, 0.15) is 6.29 Å². The van der Waals surface area contributed by atoms with Crippen molar-refractivity contribution in [3.63, 3.8) is 0 Å². The Hall–Kier alpha value is -3.77. The van der Waals surface area contributed by atoms with Crippen LogP contribution in [0.2, 0.25) is 0 Å². The van der Waals surface area contributed by atoms with Crippen molar-refractivity contribution in [2.24, 2.45) is 11.3 Å². The summed E-state index contributed by atoms with van der Waals surface area (Å²) in [5.41, 5.74) is 7.14. The molecule has 1 saturated heterocycles. The molecule has 0 spiro atoms. The van der Waals surface area contributed by atoms with E-state index in [0.717, 1.165) is 43.2 Å². The van der Waals surface area contributed by atoms with Gasteiger partial charge in [-0.3, -0.25) is 4.79 Å². The number of likely N-dealkylation sites (tertiary alicyclic amines) is 1. The number of thioether (sulfide) groups is 1. The number of carbonyl (C=O) groups is 2. The standard InChI is InChI=1S/C24H29NO2.C17H24N2S/c1-24(2,3)15-23(27)25-13-12-22(21(16-25)17-26)20-11-7-10-19(14-20)18-8-5-4-6-9-18;1-5-10-20-17-9-8-15(19(4)14-6-7-14)11-16(17)18-12-13(2)3/h4-11,14,17,21-22H,12-13,15-16H2,1-3H3;5,8-9,11,14,18H,1-2,6-7,10,12H2,3-4H3/t21?,22-;/m1./s1. The van der Waals surface area contributed by atoms with Gasteiger partial charge >= 0.3 is 0 Å². The lowest BCUT2D eigenvalue weighted by Gasteiger charge is -2.37. The van der Waals surface area contributed by atoms with Gasteiger partial charge in [-0.1, -0.05) is 93.6 Å². The average Bonchev–Trinajstić information content (AvgIpc) is 3.92. The lowest BCUT2D eigenvalue weighted by Crippen LogP contribution is -2.44. The molecular formula is C41H53N3O2S. The number of piperidine rings is 1. The van der Waals surface area contributed by atoms with Crippen LogP contribution >= 0.6 is 11.8 Å². The third-order valence-electron chi connectivity index (χ3n) is 8.69. The fraction of sp³-hybridized carbons (Fsp3) is 0.415. The molecule has 1 N–H and O–H groups in total. The molecule has 0 bridgehead atoms. The maximum Gasteiger partial charge on any atom is 0.223 e. The molecule has 47 heavy (non-hydrogen) atoms.